The van der Waals surface area contributed by atoms with Crippen LogP contribution in [0, 0.1) is 0 Å². The van der Waals surface area contributed by atoms with E-state index in [4.69, 9.17) is 9.47 Å². The first-order valence-corrected chi connectivity index (χ1v) is 6.04. The van der Waals surface area contributed by atoms with Gasteiger partial charge in [-0.3, -0.25) is 0 Å². The Balaban J connectivity index is 2.11. The largest absolute Gasteiger partial charge is 0.348 e. The summed E-state index contributed by atoms with van der Waals surface area (Å²) in [5.41, 5.74) is 0. The Kier molecular flexibility index (Phi) is 4.26. The van der Waals surface area contributed by atoms with Gasteiger partial charge in [0, 0.05) is 0 Å². The summed E-state index contributed by atoms with van der Waals surface area (Å²) in [5, 5.41) is 0. The van der Waals surface area contributed by atoms with Gasteiger partial charge < -0.3 is 9.47 Å². The minimum atomic E-state index is -0.338. The molecule has 1 aliphatic rings. The molecular formula is C9H17IO2. The van der Waals surface area contributed by atoms with E-state index in [0.29, 0.717) is 6.10 Å². The zero-order valence-corrected chi connectivity index (χ0v) is 9.96. The predicted molar refractivity (Wildman–Crippen MR) is 57.6 cm³/mol. The predicted octanol–water partition coefficient (Wildman–Crippen LogP) is 2.74. The van der Waals surface area contributed by atoms with Crippen molar-refractivity contribution in [3.05, 3.63) is 0 Å². The second-order valence-electron chi connectivity index (χ2n) is 3.64. The summed E-state index contributed by atoms with van der Waals surface area (Å²) in [4.78, 5) is 0. The SMILES string of the molecule is CC1(C)OC[C@@H](CCCCI)O1. The van der Waals surface area contributed by atoms with Crippen molar-refractivity contribution in [2.24, 2.45) is 0 Å². The third kappa shape index (κ3) is 3.58. The number of hydrogen-bond donors (Lipinski definition) is 0. The first kappa shape index (κ1) is 10.7. The van der Waals surface area contributed by atoms with Crippen LogP contribution in [0.1, 0.15) is 33.1 Å². The lowest BCUT2D eigenvalue weighted by molar-refractivity contribution is -0.139. The highest BCUT2D eigenvalue weighted by atomic mass is 127. The number of rotatable bonds is 4. The molecule has 72 valence electrons. The summed E-state index contributed by atoms with van der Waals surface area (Å²) < 4.78 is 12.4. The van der Waals surface area contributed by atoms with Gasteiger partial charge in [-0.15, -0.1) is 0 Å². The first-order chi connectivity index (χ1) is 5.64. The van der Waals surface area contributed by atoms with Gasteiger partial charge in [-0.25, -0.2) is 0 Å². The molecule has 3 heteroatoms. The molecule has 0 aliphatic carbocycles. The lowest BCUT2D eigenvalue weighted by Gasteiger charge is -2.16. The van der Waals surface area contributed by atoms with E-state index in [1.807, 2.05) is 13.8 Å². The van der Waals surface area contributed by atoms with E-state index in [1.54, 1.807) is 0 Å². The van der Waals surface area contributed by atoms with Gasteiger partial charge in [0.15, 0.2) is 5.79 Å². The van der Waals surface area contributed by atoms with Crippen molar-refractivity contribution < 1.29 is 9.47 Å². The van der Waals surface area contributed by atoms with E-state index >= 15 is 0 Å². The second kappa shape index (κ2) is 4.77. The van der Waals surface area contributed by atoms with Crippen molar-refractivity contribution >= 4 is 22.6 Å². The second-order valence-corrected chi connectivity index (χ2v) is 4.71. The summed E-state index contributed by atoms with van der Waals surface area (Å²) in [6, 6.07) is 0. The van der Waals surface area contributed by atoms with Crippen LogP contribution < -0.4 is 0 Å². The van der Waals surface area contributed by atoms with Crippen LogP contribution in [-0.4, -0.2) is 22.9 Å². The van der Waals surface area contributed by atoms with Crippen LogP contribution in [0.3, 0.4) is 0 Å². The average Bonchev–Trinajstić information content (AvgIpc) is 2.31. The van der Waals surface area contributed by atoms with Crippen LogP contribution in [0.2, 0.25) is 0 Å². The number of hydrogen-bond acceptors (Lipinski definition) is 2. The molecule has 1 saturated heterocycles. The zero-order valence-electron chi connectivity index (χ0n) is 7.81. The molecule has 1 atom stereocenters. The van der Waals surface area contributed by atoms with Crippen LogP contribution in [0.4, 0.5) is 0 Å². The highest BCUT2D eigenvalue weighted by molar-refractivity contribution is 14.1. The fourth-order valence-electron chi connectivity index (χ4n) is 1.37. The molecule has 0 N–H and O–H groups in total. The van der Waals surface area contributed by atoms with Crippen molar-refractivity contribution in [2.75, 3.05) is 11.0 Å². The van der Waals surface area contributed by atoms with E-state index in [9.17, 15) is 0 Å². The van der Waals surface area contributed by atoms with Crippen LogP contribution in [0.25, 0.3) is 0 Å². The molecule has 1 heterocycles. The van der Waals surface area contributed by atoms with Gasteiger partial charge in [-0.2, -0.15) is 0 Å². The molecule has 0 bridgehead atoms. The van der Waals surface area contributed by atoms with Crippen molar-refractivity contribution in [3.63, 3.8) is 0 Å². The monoisotopic (exact) mass is 284 g/mol. The molecule has 1 aliphatic heterocycles. The van der Waals surface area contributed by atoms with Gasteiger partial charge in [0.05, 0.1) is 12.7 Å². The summed E-state index contributed by atoms with van der Waals surface area (Å²) in [6.45, 7) is 4.73. The minimum Gasteiger partial charge on any atom is -0.348 e. The van der Waals surface area contributed by atoms with Crippen LogP contribution in [0.5, 0.6) is 0 Å². The normalized spacial score (nSPS) is 27.8. The average molecular weight is 284 g/mol. The maximum Gasteiger partial charge on any atom is 0.163 e. The summed E-state index contributed by atoms with van der Waals surface area (Å²) in [5.74, 6) is -0.338. The molecule has 0 unspecified atom stereocenters. The molecule has 0 amide bonds. The molecule has 0 aromatic heterocycles. The van der Waals surface area contributed by atoms with Crippen molar-refractivity contribution in [2.45, 2.75) is 45.0 Å². The Bertz CT molecular complexity index is 136. The molecule has 1 fully saturated rings. The van der Waals surface area contributed by atoms with Gasteiger partial charge in [-0.1, -0.05) is 29.0 Å². The molecule has 1 rings (SSSR count). The van der Waals surface area contributed by atoms with E-state index in [1.165, 1.54) is 17.3 Å². The number of alkyl halides is 1. The van der Waals surface area contributed by atoms with Crippen LogP contribution >= 0.6 is 22.6 Å². The van der Waals surface area contributed by atoms with Crippen LogP contribution in [-0.2, 0) is 9.47 Å². The molecule has 0 aromatic rings. The van der Waals surface area contributed by atoms with E-state index < -0.39 is 0 Å². The van der Waals surface area contributed by atoms with Gasteiger partial charge in [0.2, 0.25) is 0 Å². The maximum atomic E-state index is 5.67. The van der Waals surface area contributed by atoms with Gasteiger partial charge in [0.1, 0.15) is 0 Å². The Morgan fingerprint density at radius 1 is 1.42 bits per heavy atom. The van der Waals surface area contributed by atoms with Gasteiger partial charge in [-0.05, 0) is 31.1 Å². The van der Waals surface area contributed by atoms with Crippen molar-refractivity contribution in [1.29, 1.82) is 0 Å². The quantitative estimate of drug-likeness (QED) is 0.449. The van der Waals surface area contributed by atoms with Crippen molar-refractivity contribution in [1.82, 2.24) is 0 Å². The lowest BCUT2D eigenvalue weighted by Crippen LogP contribution is -2.21. The minimum absolute atomic E-state index is 0.336. The van der Waals surface area contributed by atoms with E-state index in [-0.39, 0.29) is 5.79 Å². The Hall–Kier alpha value is 0.650. The first-order valence-electron chi connectivity index (χ1n) is 4.52. The molecule has 0 spiro atoms. The summed E-state index contributed by atoms with van der Waals surface area (Å²) in [6.07, 6.45) is 4.03. The fraction of sp³-hybridized carbons (Fsp3) is 1.00. The number of halogens is 1. The molecular weight excluding hydrogens is 267 g/mol. The maximum absolute atomic E-state index is 5.67. The number of ether oxygens (including phenoxy) is 2. The summed E-state index contributed by atoms with van der Waals surface area (Å²) >= 11 is 2.41. The Morgan fingerprint density at radius 3 is 2.67 bits per heavy atom. The van der Waals surface area contributed by atoms with E-state index in [0.717, 1.165) is 13.0 Å². The fourth-order valence-corrected chi connectivity index (χ4v) is 1.91. The highest BCUT2D eigenvalue weighted by Crippen LogP contribution is 2.25. The molecule has 0 radical (unpaired) electrons. The number of unbranched alkanes of at least 4 members (excludes halogenated alkanes) is 1. The third-order valence-corrected chi connectivity index (χ3v) is 2.74. The van der Waals surface area contributed by atoms with Gasteiger partial charge in [0.25, 0.3) is 0 Å². The smallest absolute Gasteiger partial charge is 0.163 e. The standard InChI is InChI=1S/C9H17IO2/c1-9(2)11-7-8(12-9)5-3-4-6-10/h8H,3-7H2,1-2H3/t8-/m1/s1. The Morgan fingerprint density at radius 2 is 2.17 bits per heavy atom. The molecule has 2 nitrogen and oxygen atoms in total. The molecule has 0 aromatic carbocycles. The zero-order chi connectivity index (χ0) is 9.03. The lowest BCUT2D eigenvalue weighted by atomic mass is 10.2. The third-order valence-electron chi connectivity index (χ3n) is 1.98. The summed E-state index contributed by atoms with van der Waals surface area (Å²) in [7, 11) is 0. The van der Waals surface area contributed by atoms with Gasteiger partial charge >= 0.3 is 0 Å². The van der Waals surface area contributed by atoms with Crippen LogP contribution in [0.15, 0.2) is 0 Å². The van der Waals surface area contributed by atoms with E-state index in [2.05, 4.69) is 22.6 Å². The van der Waals surface area contributed by atoms with Crippen molar-refractivity contribution in [3.8, 4) is 0 Å². The Labute approximate surface area is 88.1 Å². The molecule has 0 saturated carbocycles. The molecule has 12 heavy (non-hydrogen) atoms. The topological polar surface area (TPSA) is 18.5 Å². The highest BCUT2D eigenvalue weighted by Gasteiger charge is 2.31.